The number of carbonyl (C=O) groups is 2. The second-order valence-electron chi connectivity index (χ2n) is 11.4. The van der Waals surface area contributed by atoms with Crippen LogP contribution in [0, 0.1) is 11.8 Å². The van der Waals surface area contributed by atoms with E-state index in [1.807, 2.05) is 32.9 Å². The molecule has 4 rings (SSSR count). The van der Waals surface area contributed by atoms with Gasteiger partial charge in [0.15, 0.2) is 0 Å². The SMILES string of the molecule is CC(C)(C)OC(=O)N1CCC(COc2ccc(C3=CCC(C(=O)NC4CCCC4)CC3)cc2)CC1. The van der Waals surface area contributed by atoms with Crippen molar-refractivity contribution in [2.24, 2.45) is 11.8 Å². The Labute approximate surface area is 210 Å². The maximum absolute atomic E-state index is 12.6. The van der Waals surface area contributed by atoms with E-state index < -0.39 is 5.60 Å². The third-order valence-corrected chi connectivity index (χ3v) is 7.46. The smallest absolute Gasteiger partial charge is 0.410 e. The zero-order valence-electron chi connectivity index (χ0n) is 21.7. The van der Waals surface area contributed by atoms with Crippen molar-refractivity contribution in [3.05, 3.63) is 35.9 Å². The van der Waals surface area contributed by atoms with Crippen LogP contribution in [-0.4, -0.2) is 48.2 Å². The first-order valence-electron chi connectivity index (χ1n) is 13.5. The summed E-state index contributed by atoms with van der Waals surface area (Å²) in [7, 11) is 0. The molecular weight excluding hydrogens is 440 g/mol. The van der Waals surface area contributed by atoms with Crippen molar-refractivity contribution in [2.75, 3.05) is 19.7 Å². The number of allylic oxidation sites excluding steroid dienone is 2. The number of piperidine rings is 1. The molecule has 0 aromatic heterocycles. The summed E-state index contributed by atoms with van der Waals surface area (Å²) in [6.45, 7) is 7.80. The van der Waals surface area contributed by atoms with Crippen LogP contribution in [0.2, 0.25) is 0 Å². The van der Waals surface area contributed by atoms with Gasteiger partial charge in [-0.15, -0.1) is 0 Å². The summed E-state index contributed by atoms with van der Waals surface area (Å²) < 4.78 is 11.5. The lowest BCUT2D eigenvalue weighted by atomic mass is 9.86. The van der Waals surface area contributed by atoms with Crippen LogP contribution in [0.5, 0.6) is 5.75 Å². The van der Waals surface area contributed by atoms with Crippen LogP contribution in [0.1, 0.15) is 84.1 Å². The molecule has 192 valence electrons. The van der Waals surface area contributed by atoms with Gasteiger partial charge >= 0.3 is 6.09 Å². The molecule has 0 radical (unpaired) electrons. The number of carbonyl (C=O) groups excluding carboxylic acids is 2. The number of ether oxygens (including phenoxy) is 2. The van der Waals surface area contributed by atoms with Crippen LogP contribution in [-0.2, 0) is 9.53 Å². The highest BCUT2D eigenvalue weighted by Gasteiger charge is 2.28. The minimum absolute atomic E-state index is 0.115. The normalized spacial score (nSPS) is 22.0. The highest BCUT2D eigenvalue weighted by molar-refractivity contribution is 5.81. The second-order valence-corrected chi connectivity index (χ2v) is 11.4. The van der Waals surface area contributed by atoms with Gasteiger partial charge in [-0.25, -0.2) is 4.79 Å². The van der Waals surface area contributed by atoms with Gasteiger partial charge in [0.1, 0.15) is 11.4 Å². The van der Waals surface area contributed by atoms with Gasteiger partial charge in [0.2, 0.25) is 5.91 Å². The first-order chi connectivity index (χ1) is 16.8. The Morgan fingerprint density at radius 3 is 2.29 bits per heavy atom. The van der Waals surface area contributed by atoms with Crippen LogP contribution >= 0.6 is 0 Å². The van der Waals surface area contributed by atoms with E-state index in [2.05, 4.69) is 23.5 Å². The van der Waals surface area contributed by atoms with Crippen molar-refractivity contribution in [1.82, 2.24) is 10.2 Å². The van der Waals surface area contributed by atoms with Crippen LogP contribution in [0.3, 0.4) is 0 Å². The van der Waals surface area contributed by atoms with Gasteiger partial charge in [0.05, 0.1) is 6.61 Å². The molecule has 1 aliphatic heterocycles. The van der Waals surface area contributed by atoms with Gasteiger partial charge in [-0.2, -0.15) is 0 Å². The molecule has 1 N–H and O–H groups in total. The van der Waals surface area contributed by atoms with E-state index in [0.29, 0.717) is 18.6 Å². The Bertz CT molecular complexity index is 888. The van der Waals surface area contributed by atoms with Crippen molar-refractivity contribution < 1.29 is 19.1 Å². The van der Waals surface area contributed by atoms with Crippen molar-refractivity contribution in [1.29, 1.82) is 0 Å². The van der Waals surface area contributed by atoms with Crippen LogP contribution in [0.25, 0.3) is 5.57 Å². The highest BCUT2D eigenvalue weighted by Crippen LogP contribution is 2.32. The van der Waals surface area contributed by atoms with Gasteiger partial charge in [-0.3, -0.25) is 4.79 Å². The lowest BCUT2D eigenvalue weighted by molar-refractivity contribution is -0.125. The number of hydrogen-bond acceptors (Lipinski definition) is 4. The molecule has 35 heavy (non-hydrogen) atoms. The standard InChI is InChI=1S/C29H42N2O4/c1-29(2,3)35-28(33)31-18-16-21(17-19-31)20-34-26-14-12-23(13-15-26)22-8-10-24(11-9-22)27(32)30-25-6-4-5-7-25/h8,12-15,21,24-25H,4-7,9-11,16-20H2,1-3H3,(H,30,32). The first-order valence-corrected chi connectivity index (χ1v) is 13.5. The predicted molar refractivity (Wildman–Crippen MR) is 138 cm³/mol. The number of nitrogens with zero attached hydrogens (tertiary/aromatic N) is 1. The van der Waals surface area contributed by atoms with Gasteiger partial charge < -0.3 is 19.7 Å². The van der Waals surface area contributed by atoms with Crippen LogP contribution in [0.15, 0.2) is 30.3 Å². The molecule has 2 aliphatic carbocycles. The number of rotatable bonds is 6. The molecule has 1 saturated heterocycles. The largest absolute Gasteiger partial charge is 0.493 e. The minimum Gasteiger partial charge on any atom is -0.493 e. The summed E-state index contributed by atoms with van der Waals surface area (Å²) in [4.78, 5) is 26.6. The predicted octanol–water partition coefficient (Wildman–Crippen LogP) is 5.95. The maximum Gasteiger partial charge on any atom is 0.410 e. The summed E-state index contributed by atoms with van der Waals surface area (Å²) in [6.07, 6.45) is 11.3. The Morgan fingerprint density at radius 1 is 1.00 bits per heavy atom. The van der Waals surface area contributed by atoms with Gasteiger partial charge in [0, 0.05) is 25.0 Å². The molecule has 6 nitrogen and oxygen atoms in total. The van der Waals surface area contributed by atoms with E-state index >= 15 is 0 Å². The molecule has 3 aliphatic rings. The van der Waals surface area contributed by atoms with Crippen LogP contribution < -0.4 is 10.1 Å². The van der Waals surface area contributed by atoms with Crippen molar-refractivity contribution >= 4 is 17.6 Å². The van der Waals surface area contributed by atoms with E-state index in [9.17, 15) is 9.59 Å². The highest BCUT2D eigenvalue weighted by atomic mass is 16.6. The molecule has 1 atom stereocenters. The second kappa shape index (κ2) is 11.5. The molecule has 2 amide bonds. The van der Waals surface area contributed by atoms with E-state index in [-0.39, 0.29) is 17.9 Å². The third kappa shape index (κ3) is 7.49. The number of nitrogens with one attached hydrogen (secondary N) is 1. The van der Waals surface area contributed by atoms with Crippen molar-refractivity contribution in [3.8, 4) is 5.75 Å². The van der Waals surface area contributed by atoms with E-state index in [0.717, 1.165) is 63.8 Å². The zero-order valence-corrected chi connectivity index (χ0v) is 21.7. The quantitative estimate of drug-likeness (QED) is 0.544. The Kier molecular flexibility index (Phi) is 8.40. The average Bonchev–Trinajstić information content (AvgIpc) is 3.35. The summed E-state index contributed by atoms with van der Waals surface area (Å²) in [5.41, 5.74) is 2.09. The fraction of sp³-hybridized carbons (Fsp3) is 0.655. The molecule has 6 heteroatoms. The molecule has 0 spiro atoms. The molecule has 0 bridgehead atoms. The average molecular weight is 483 g/mol. The lowest BCUT2D eigenvalue weighted by Gasteiger charge is -2.33. The number of amides is 2. The van der Waals surface area contributed by atoms with Crippen molar-refractivity contribution in [3.63, 3.8) is 0 Å². The topological polar surface area (TPSA) is 67.9 Å². The van der Waals surface area contributed by atoms with Gasteiger partial charge in [-0.05, 0) is 94.9 Å². The molecule has 2 fully saturated rings. The summed E-state index contributed by atoms with van der Waals surface area (Å²) in [6, 6.07) is 8.75. The maximum atomic E-state index is 12.6. The molecular formula is C29H42N2O4. The fourth-order valence-corrected chi connectivity index (χ4v) is 5.31. The monoisotopic (exact) mass is 482 g/mol. The summed E-state index contributed by atoms with van der Waals surface area (Å²) in [5, 5.41) is 3.26. The number of likely N-dealkylation sites (tertiary alicyclic amines) is 1. The molecule has 1 heterocycles. The van der Waals surface area contributed by atoms with Gasteiger partial charge in [0.25, 0.3) is 0 Å². The first kappa shape index (κ1) is 25.6. The zero-order chi connectivity index (χ0) is 24.8. The summed E-state index contributed by atoms with van der Waals surface area (Å²) >= 11 is 0. The number of hydrogen-bond donors (Lipinski definition) is 1. The lowest BCUT2D eigenvalue weighted by Crippen LogP contribution is -2.42. The molecule has 1 unspecified atom stereocenters. The van der Waals surface area contributed by atoms with Gasteiger partial charge in [-0.1, -0.05) is 31.1 Å². The summed E-state index contributed by atoms with van der Waals surface area (Å²) in [5.74, 6) is 1.69. The molecule has 1 saturated carbocycles. The van der Waals surface area contributed by atoms with E-state index in [1.165, 1.54) is 24.0 Å². The van der Waals surface area contributed by atoms with E-state index in [1.54, 1.807) is 4.90 Å². The fourth-order valence-electron chi connectivity index (χ4n) is 5.31. The molecule has 1 aromatic carbocycles. The van der Waals surface area contributed by atoms with Crippen molar-refractivity contribution in [2.45, 2.75) is 90.2 Å². The van der Waals surface area contributed by atoms with Crippen LogP contribution in [0.4, 0.5) is 4.79 Å². The Balaban J connectivity index is 1.19. The Hall–Kier alpha value is -2.50. The Morgan fingerprint density at radius 2 is 1.69 bits per heavy atom. The number of benzene rings is 1. The molecule has 1 aromatic rings. The van der Waals surface area contributed by atoms with E-state index in [4.69, 9.17) is 9.47 Å². The minimum atomic E-state index is -0.456. The third-order valence-electron chi connectivity index (χ3n) is 7.46.